The molecule has 0 saturated heterocycles. The number of nitrogens with zero attached hydrogens (tertiary/aromatic N) is 1. The summed E-state index contributed by atoms with van der Waals surface area (Å²) in [6.45, 7) is 1.95. The first kappa shape index (κ1) is 12.8. The Kier molecular flexibility index (Phi) is 3.07. The Morgan fingerprint density at radius 3 is 3.10 bits per heavy atom. The van der Waals surface area contributed by atoms with Gasteiger partial charge in [0.15, 0.2) is 0 Å². The topological polar surface area (TPSA) is 50.9 Å². The molecule has 1 aromatic carbocycles. The van der Waals surface area contributed by atoms with Gasteiger partial charge >= 0.3 is 0 Å². The average molecular weight is 366 g/mol. The van der Waals surface area contributed by atoms with Crippen molar-refractivity contribution in [3.63, 3.8) is 0 Å². The van der Waals surface area contributed by atoms with E-state index in [1.165, 1.54) is 20.7 Å². The van der Waals surface area contributed by atoms with Crippen molar-refractivity contribution in [3.8, 4) is 10.6 Å². The minimum absolute atomic E-state index is 0.900. The molecule has 1 aliphatic heterocycles. The first-order valence-corrected chi connectivity index (χ1v) is 8.82. The molecule has 0 fully saturated rings. The van der Waals surface area contributed by atoms with Crippen LogP contribution in [0, 0.1) is 0 Å². The third-order valence-corrected chi connectivity index (χ3v) is 6.13. The Morgan fingerprint density at radius 2 is 2.20 bits per heavy atom. The fourth-order valence-electron chi connectivity index (χ4n) is 2.60. The summed E-state index contributed by atoms with van der Waals surface area (Å²) in [4.78, 5) is 6.14. The van der Waals surface area contributed by atoms with Gasteiger partial charge in [0.2, 0.25) is 0 Å². The van der Waals surface area contributed by atoms with Crippen molar-refractivity contribution >= 4 is 53.8 Å². The van der Waals surface area contributed by atoms with Gasteiger partial charge in [0.25, 0.3) is 0 Å². The Bertz CT molecular complexity index is 806. The van der Waals surface area contributed by atoms with Gasteiger partial charge in [-0.3, -0.25) is 0 Å². The number of fused-ring (bicyclic) bond motifs is 2. The fraction of sp³-hybridized carbons (Fsp3) is 0.214. The SMILES string of the molecule is Nc1sc2c(c1-c1nc3cc(Br)ccc3s1)CCNC2. The second-order valence-corrected chi connectivity index (χ2v) is 7.88. The maximum Gasteiger partial charge on any atom is 0.127 e. The van der Waals surface area contributed by atoms with Crippen LogP contribution in [0.25, 0.3) is 20.8 Å². The summed E-state index contributed by atoms with van der Waals surface area (Å²) in [5, 5.41) is 5.35. The lowest BCUT2D eigenvalue weighted by molar-refractivity contribution is 0.655. The molecule has 6 heteroatoms. The highest BCUT2D eigenvalue weighted by Gasteiger charge is 2.22. The number of nitrogens with two attached hydrogens (primary N) is 1. The van der Waals surface area contributed by atoms with E-state index in [9.17, 15) is 0 Å². The largest absolute Gasteiger partial charge is 0.390 e. The normalized spacial score (nSPS) is 14.7. The Balaban J connectivity index is 1.92. The zero-order chi connectivity index (χ0) is 13.7. The number of nitrogen functional groups attached to an aromatic ring is 1. The maximum absolute atomic E-state index is 6.25. The molecular formula is C14H12BrN3S2. The van der Waals surface area contributed by atoms with Gasteiger partial charge in [-0.25, -0.2) is 4.98 Å². The molecule has 4 rings (SSSR count). The van der Waals surface area contributed by atoms with Gasteiger partial charge in [-0.2, -0.15) is 0 Å². The Labute approximate surface area is 133 Å². The van der Waals surface area contributed by atoms with E-state index in [0.717, 1.165) is 39.5 Å². The van der Waals surface area contributed by atoms with Crippen LogP contribution in [0.5, 0.6) is 0 Å². The summed E-state index contributed by atoms with van der Waals surface area (Å²) in [6.07, 6.45) is 1.04. The predicted octanol–water partition coefficient (Wildman–Crippen LogP) is 4.02. The first-order chi connectivity index (χ1) is 9.72. The second kappa shape index (κ2) is 4.80. The van der Waals surface area contributed by atoms with Crippen LogP contribution in [-0.4, -0.2) is 11.5 Å². The predicted molar refractivity (Wildman–Crippen MR) is 90.5 cm³/mol. The van der Waals surface area contributed by atoms with Crippen LogP contribution in [0.3, 0.4) is 0 Å². The monoisotopic (exact) mass is 365 g/mol. The molecule has 0 radical (unpaired) electrons. The smallest absolute Gasteiger partial charge is 0.127 e. The molecule has 2 aromatic heterocycles. The van der Waals surface area contributed by atoms with Crippen LogP contribution in [0.1, 0.15) is 10.4 Å². The number of aromatic nitrogens is 1. The lowest BCUT2D eigenvalue weighted by atomic mass is 10.0. The lowest BCUT2D eigenvalue weighted by Gasteiger charge is -2.13. The van der Waals surface area contributed by atoms with Crippen LogP contribution in [-0.2, 0) is 13.0 Å². The highest BCUT2D eigenvalue weighted by Crippen LogP contribution is 2.43. The van der Waals surface area contributed by atoms with Crippen molar-refractivity contribution in [2.24, 2.45) is 0 Å². The lowest BCUT2D eigenvalue weighted by Crippen LogP contribution is -2.22. The van der Waals surface area contributed by atoms with Crippen molar-refractivity contribution in [1.29, 1.82) is 0 Å². The van der Waals surface area contributed by atoms with Crippen LogP contribution in [0.2, 0.25) is 0 Å². The van der Waals surface area contributed by atoms with Crippen molar-refractivity contribution in [2.45, 2.75) is 13.0 Å². The molecular weight excluding hydrogens is 354 g/mol. The minimum Gasteiger partial charge on any atom is -0.390 e. The second-order valence-electron chi connectivity index (χ2n) is 4.80. The van der Waals surface area contributed by atoms with Crippen molar-refractivity contribution in [1.82, 2.24) is 10.3 Å². The molecule has 0 amide bonds. The molecule has 0 spiro atoms. The number of benzene rings is 1. The maximum atomic E-state index is 6.25. The van der Waals surface area contributed by atoms with Gasteiger partial charge in [-0.1, -0.05) is 15.9 Å². The average Bonchev–Trinajstić information content (AvgIpc) is 2.97. The number of hydrogen-bond donors (Lipinski definition) is 2. The van der Waals surface area contributed by atoms with E-state index in [0.29, 0.717) is 0 Å². The molecule has 3 nitrogen and oxygen atoms in total. The summed E-state index contributed by atoms with van der Waals surface area (Å²) in [7, 11) is 0. The Morgan fingerprint density at radius 1 is 1.30 bits per heavy atom. The molecule has 0 aliphatic carbocycles. The first-order valence-electron chi connectivity index (χ1n) is 6.39. The zero-order valence-electron chi connectivity index (χ0n) is 10.6. The number of thiophene rings is 1. The van der Waals surface area contributed by atoms with Gasteiger partial charge in [-0.15, -0.1) is 22.7 Å². The summed E-state index contributed by atoms with van der Waals surface area (Å²) in [5.74, 6) is 0. The van der Waals surface area contributed by atoms with Crippen LogP contribution in [0.15, 0.2) is 22.7 Å². The molecule has 3 heterocycles. The van der Waals surface area contributed by atoms with Crippen molar-refractivity contribution in [3.05, 3.63) is 33.1 Å². The summed E-state index contributed by atoms with van der Waals surface area (Å²) >= 11 is 6.92. The molecule has 1 aliphatic rings. The van der Waals surface area contributed by atoms with Crippen LogP contribution >= 0.6 is 38.6 Å². The van der Waals surface area contributed by atoms with Crippen LogP contribution < -0.4 is 11.1 Å². The third-order valence-electron chi connectivity index (χ3n) is 3.52. The highest BCUT2D eigenvalue weighted by molar-refractivity contribution is 9.10. The van der Waals surface area contributed by atoms with E-state index in [4.69, 9.17) is 10.7 Å². The number of hydrogen-bond acceptors (Lipinski definition) is 5. The fourth-order valence-corrected chi connectivity index (χ4v) is 5.13. The van der Waals surface area contributed by atoms with Gasteiger partial charge in [0.1, 0.15) is 5.01 Å². The molecule has 3 aromatic rings. The molecule has 102 valence electrons. The number of nitrogens with one attached hydrogen (secondary N) is 1. The van der Waals surface area contributed by atoms with Gasteiger partial charge in [0, 0.05) is 21.5 Å². The molecule has 0 saturated carbocycles. The van der Waals surface area contributed by atoms with E-state index in [2.05, 4.69) is 39.4 Å². The number of thiazole rings is 1. The van der Waals surface area contributed by atoms with E-state index in [-0.39, 0.29) is 0 Å². The number of rotatable bonds is 1. The number of anilines is 1. The molecule has 0 unspecified atom stereocenters. The minimum atomic E-state index is 0.900. The molecule has 0 bridgehead atoms. The van der Waals surface area contributed by atoms with E-state index >= 15 is 0 Å². The van der Waals surface area contributed by atoms with E-state index < -0.39 is 0 Å². The zero-order valence-corrected chi connectivity index (χ0v) is 13.8. The van der Waals surface area contributed by atoms with E-state index in [1.54, 1.807) is 22.7 Å². The van der Waals surface area contributed by atoms with Gasteiger partial charge in [0.05, 0.1) is 15.2 Å². The Hall–Kier alpha value is -0.950. The summed E-state index contributed by atoms with van der Waals surface area (Å²) in [6, 6.07) is 6.23. The third kappa shape index (κ3) is 1.98. The summed E-state index contributed by atoms with van der Waals surface area (Å²) < 4.78 is 2.27. The van der Waals surface area contributed by atoms with Gasteiger partial charge in [-0.05, 0) is 36.7 Å². The molecule has 20 heavy (non-hydrogen) atoms. The number of halogens is 1. The highest BCUT2D eigenvalue weighted by atomic mass is 79.9. The van der Waals surface area contributed by atoms with Crippen LogP contribution in [0.4, 0.5) is 5.00 Å². The van der Waals surface area contributed by atoms with Gasteiger partial charge < -0.3 is 11.1 Å². The standard InChI is InChI=1S/C14H12BrN3S2/c15-7-1-2-10-9(5-7)18-14(20-10)12-8-3-4-17-6-11(8)19-13(12)16/h1-2,5,17H,3-4,6,16H2. The van der Waals surface area contributed by atoms with E-state index in [1.807, 2.05) is 0 Å². The van der Waals surface area contributed by atoms with Crippen molar-refractivity contribution < 1.29 is 0 Å². The molecule has 3 N–H and O–H groups in total. The molecule has 0 atom stereocenters. The quantitative estimate of drug-likeness (QED) is 0.684. The van der Waals surface area contributed by atoms with Crippen molar-refractivity contribution in [2.75, 3.05) is 12.3 Å². The summed E-state index contributed by atoms with van der Waals surface area (Å²) in [5.41, 5.74) is 9.85.